The van der Waals surface area contributed by atoms with Crippen molar-refractivity contribution < 1.29 is 111 Å². The summed E-state index contributed by atoms with van der Waals surface area (Å²) in [5.41, 5.74) is -3.48. The van der Waals surface area contributed by atoms with Crippen LogP contribution in [0.1, 0.15) is 20.3 Å². The van der Waals surface area contributed by atoms with Crippen molar-refractivity contribution in [1.29, 1.82) is 0 Å². The van der Waals surface area contributed by atoms with Gasteiger partial charge in [0.05, 0.1) is 12.2 Å². The first-order chi connectivity index (χ1) is 20.8. The van der Waals surface area contributed by atoms with E-state index in [1.807, 2.05) is 6.58 Å². The van der Waals surface area contributed by atoms with Gasteiger partial charge in [0.25, 0.3) is 0 Å². The van der Waals surface area contributed by atoms with E-state index in [1.54, 1.807) is 0 Å². The van der Waals surface area contributed by atoms with Crippen LogP contribution in [-0.2, 0) is 19.1 Å². The molecular weight excluding hydrogens is 739 g/mol. The zero-order valence-electron chi connectivity index (χ0n) is 23.3. The van der Waals surface area contributed by atoms with Gasteiger partial charge in [-0.05, 0) is 12.8 Å². The fourth-order valence-electron chi connectivity index (χ4n) is 3.22. The highest BCUT2D eigenvalue weighted by Crippen LogP contribution is 2.60. The lowest BCUT2D eigenvalue weighted by Gasteiger charge is -2.41. The van der Waals surface area contributed by atoms with Crippen LogP contribution < -0.4 is 0 Å². The number of hydrogen-bond acceptors (Lipinski definition) is 4. The van der Waals surface area contributed by atoms with Crippen molar-refractivity contribution in [3.63, 3.8) is 0 Å². The molecule has 48 heavy (non-hydrogen) atoms. The molecular formula is C23H19F21O4. The molecule has 0 aromatic heterocycles. The Labute approximate surface area is 253 Å². The summed E-state index contributed by atoms with van der Waals surface area (Å²) < 4.78 is 292. The van der Waals surface area contributed by atoms with Crippen molar-refractivity contribution >= 4 is 11.9 Å². The molecule has 4 nitrogen and oxygen atoms in total. The van der Waals surface area contributed by atoms with Crippen molar-refractivity contribution in [3.05, 3.63) is 24.3 Å². The highest BCUT2D eigenvalue weighted by atomic mass is 19.4. The second-order valence-electron chi connectivity index (χ2n) is 10.0. The first-order valence-corrected chi connectivity index (χ1v) is 11.9. The zero-order chi connectivity index (χ0) is 39.1. The Bertz CT molecular complexity index is 1200. The maximum atomic E-state index is 14.5. The van der Waals surface area contributed by atoms with Gasteiger partial charge in [0, 0.05) is 12.0 Å². The maximum Gasteiger partial charge on any atom is 0.460 e. The summed E-state index contributed by atoms with van der Waals surface area (Å²) >= 11 is 0. The molecule has 0 aliphatic rings. The number of esters is 2. The Hall–Kier alpha value is -3.05. The summed E-state index contributed by atoms with van der Waals surface area (Å²) in [5, 5.41) is 0. The van der Waals surface area contributed by atoms with Crippen LogP contribution in [0.15, 0.2) is 24.3 Å². The topological polar surface area (TPSA) is 52.6 Å². The first-order valence-electron chi connectivity index (χ1n) is 11.9. The molecule has 0 fully saturated rings. The molecule has 0 saturated heterocycles. The van der Waals surface area contributed by atoms with Gasteiger partial charge in [-0.3, -0.25) is 0 Å². The summed E-state index contributed by atoms with van der Waals surface area (Å²) in [4.78, 5) is 22.8. The quantitative estimate of drug-likeness (QED) is 0.0898. The Kier molecular flexibility index (Phi) is 12.8. The van der Waals surface area contributed by atoms with Crippen LogP contribution >= 0.6 is 0 Å². The Balaban J connectivity index is 6.43. The van der Waals surface area contributed by atoms with Gasteiger partial charge in [0.1, 0.15) is 6.17 Å². The maximum absolute atomic E-state index is 14.5. The third kappa shape index (κ3) is 8.38. The standard InChI is InChI=1S/C23H19F21O4/c1-8(2)13(45)47-6-9(3)5-15(25,26)19(34,35)21(38,39)17(29,30)12(18(31,32)33)11(24)10(4)14(46)48-7-16(27,28)20(36,37)22(40,41)23(42,43)44/h9,11-12H,1,4-7H2,2-3H3. The molecule has 0 rings (SSSR count). The van der Waals surface area contributed by atoms with Gasteiger partial charge in [-0.1, -0.05) is 20.1 Å². The molecule has 282 valence electrons. The molecule has 0 amide bonds. The monoisotopic (exact) mass is 758 g/mol. The van der Waals surface area contributed by atoms with Crippen LogP contribution in [0.3, 0.4) is 0 Å². The van der Waals surface area contributed by atoms with E-state index in [4.69, 9.17) is 0 Å². The van der Waals surface area contributed by atoms with E-state index in [0.29, 0.717) is 6.92 Å². The van der Waals surface area contributed by atoms with Gasteiger partial charge in [0.15, 0.2) is 12.5 Å². The predicted octanol–water partition coefficient (Wildman–Crippen LogP) is 8.76. The zero-order valence-corrected chi connectivity index (χ0v) is 23.3. The SMILES string of the molecule is C=C(C)C(=O)OCC(C)CC(F)(F)C(F)(F)C(F)(F)C(F)(F)C(C(F)C(=C)C(=O)OCC(F)(F)C(F)(F)C(F)(F)C(F)(F)F)C(F)(F)F. The molecule has 0 aliphatic heterocycles. The number of rotatable bonds is 16. The minimum absolute atomic E-state index is 0.412. The molecule has 0 N–H and O–H groups in total. The van der Waals surface area contributed by atoms with Crippen molar-refractivity contribution in [1.82, 2.24) is 0 Å². The average Bonchev–Trinajstić information content (AvgIpc) is 2.87. The third-order valence-corrected chi connectivity index (χ3v) is 5.95. The molecule has 0 saturated carbocycles. The first kappa shape index (κ1) is 45.0. The number of hydrogen-bond donors (Lipinski definition) is 0. The van der Waals surface area contributed by atoms with E-state index < -0.39 is 115 Å². The summed E-state index contributed by atoms with van der Waals surface area (Å²) in [5.74, 6) is -64.8. The van der Waals surface area contributed by atoms with Gasteiger partial charge in [-0.25, -0.2) is 14.0 Å². The summed E-state index contributed by atoms with van der Waals surface area (Å²) in [6.07, 6.45) is -22.7. The number of halogens is 21. The summed E-state index contributed by atoms with van der Waals surface area (Å²) in [6, 6.07) is 0. The molecule has 3 atom stereocenters. The van der Waals surface area contributed by atoms with Gasteiger partial charge >= 0.3 is 65.7 Å². The predicted molar refractivity (Wildman–Crippen MR) is 115 cm³/mol. The van der Waals surface area contributed by atoms with Crippen molar-refractivity contribution in [2.45, 2.75) is 80.3 Å². The van der Waals surface area contributed by atoms with Gasteiger partial charge in [-0.2, -0.15) is 87.8 Å². The van der Waals surface area contributed by atoms with Crippen molar-refractivity contribution in [2.75, 3.05) is 13.2 Å². The number of carbonyl (C=O) groups excluding carboxylic acids is 2. The van der Waals surface area contributed by atoms with Crippen molar-refractivity contribution in [2.24, 2.45) is 11.8 Å². The second kappa shape index (κ2) is 13.7. The van der Waals surface area contributed by atoms with Gasteiger partial charge < -0.3 is 9.47 Å². The van der Waals surface area contributed by atoms with Gasteiger partial charge in [-0.15, -0.1) is 0 Å². The van der Waals surface area contributed by atoms with Crippen LogP contribution in [-0.4, -0.2) is 85.1 Å². The van der Waals surface area contributed by atoms with Crippen LogP contribution in [0.25, 0.3) is 0 Å². The fraction of sp³-hybridized carbons (Fsp3) is 0.739. The lowest BCUT2D eigenvalue weighted by atomic mass is 9.82. The van der Waals surface area contributed by atoms with Crippen LogP contribution in [0.4, 0.5) is 92.2 Å². The summed E-state index contributed by atoms with van der Waals surface area (Å²) in [7, 11) is 0. The number of alkyl halides is 21. The smallest absolute Gasteiger partial charge is 0.460 e. The Morgan fingerprint density at radius 2 is 1.04 bits per heavy atom. The molecule has 0 heterocycles. The van der Waals surface area contributed by atoms with E-state index in [-0.39, 0.29) is 0 Å². The molecule has 0 bridgehead atoms. The highest BCUT2D eigenvalue weighted by molar-refractivity contribution is 5.89. The minimum Gasteiger partial charge on any atom is -0.462 e. The largest absolute Gasteiger partial charge is 0.462 e. The van der Waals surface area contributed by atoms with Crippen LogP contribution in [0.2, 0.25) is 0 Å². The molecule has 3 unspecified atom stereocenters. The molecule has 0 aliphatic carbocycles. The van der Waals surface area contributed by atoms with E-state index >= 15 is 0 Å². The molecule has 0 radical (unpaired) electrons. The summed E-state index contributed by atoms with van der Waals surface area (Å²) in [6.45, 7) is 1.29. The van der Waals surface area contributed by atoms with E-state index in [1.165, 1.54) is 0 Å². The fourth-order valence-corrected chi connectivity index (χ4v) is 3.22. The van der Waals surface area contributed by atoms with Crippen molar-refractivity contribution in [3.8, 4) is 0 Å². The van der Waals surface area contributed by atoms with E-state index in [9.17, 15) is 102 Å². The highest BCUT2D eigenvalue weighted by Gasteiger charge is 2.85. The van der Waals surface area contributed by atoms with Gasteiger partial charge in [0.2, 0.25) is 0 Å². The lowest BCUT2D eigenvalue weighted by molar-refractivity contribution is -0.399. The molecule has 0 spiro atoms. The minimum atomic E-state index is -7.97. The normalized spacial score (nSPS) is 16.6. The molecule has 0 aromatic rings. The van der Waals surface area contributed by atoms with E-state index in [2.05, 4.69) is 16.1 Å². The van der Waals surface area contributed by atoms with Crippen LogP contribution in [0.5, 0.6) is 0 Å². The molecule has 0 aromatic carbocycles. The second-order valence-corrected chi connectivity index (χ2v) is 10.0. The number of carbonyl (C=O) groups is 2. The number of ether oxygens (including phenoxy) is 2. The lowest BCUT2D eigenvalue weighted by Crippen LogP contribution is -2.67. The molecule has 25 heteroatoms. The Morgan fingerprint density at radius 3 is 1.42 bits per heavy atom. The Morgan fingerprint density at radius 1 is 0.625 bits per heavy atom. The van der Waals surface area contributed by atoms with Crippen LogP contribution in [0, 0.1) is 11.8 Å². The average molecular weight is 758 g/mol. The van der Waals surface area contributed by atoms with E-state index in [0.717, 1.165) is 6.92 Å². The third-order valence-electron chi connectivity index (χ3n) is 5.95.